The molecule has 1 aliphatic heterocycles. The topological polar surface area (TPSA) is 99.7 Å². The minimum atomic E-state index is -0.539. The number of hydrogen-bond donors (Lipinski definition) is 2. The number of aryl methyl sites for hydroxylation is 1. The number of aromatic amines is 1. The van der Waals surface area contributed by atoms with Crippen molar-refractivity contribution in [3.63, 3.8) is 0 Å². The van der Waals surface area contributed by atoms with Gasteiger partial charge in [0.1, 0.15) is 5.82 Å². The summed E-state index contributed by atoms with van der Waals surface area (Å²) in [7, 11) is 0. The lowest BCUT2D eigenvalue weighted by atomic mass is 9.87. The second kappa shape index (κ2) is 9.95. The molecule has 4 heterocycles. The first kappa shape index (κ1) is 23.1. The molecule has 0 aromatic carbocycles. The molecule has 8 nitrogen and oxygen atoms in total. The Morgan fingerprint density at radius 3 is 2.75 bits per heavy atom. The average Bonchev–Trinajstić information content (AvgIpc) is 3.66. The summed E-state index contributed by atoms with van der Waals surface area (Å²) in [6, 6.07) is 2.63. The van der Waals surface area contributed by atoms with Crippen LogP contribution in [0.5, 0.6) is 0 Å². The normalized spacial score (nSPS) is 20.0. The van der Waals surface area contributed by atoms with Gasteiger partial charge in [-0.25, -0.2) is 15.0 Å². The molecule has 1 atom stereocenters. The average molecular weight is 490 g/mol. The van der Waals surface area contributed by atoms with E-state index >= 15 is 0 Å². The molecule has 188 valence electrons. The van der Waals surface area contributed by atoms with Crippen LogP contribution in [-0.2, 0) is 24.1 Å². The molecule has 1 saturated heterocycles. The summed E-state index contributed by atoms with van der Waals surface area (Å²) < 4.78 is 13.2. The lowest BCUT2D eigenvalue weighted by Gasteiger charge is -2.25. The van der Waals surface area contributed by atoms with Crippen molar-refractivity contribution in [2.45, 2.75) is 82.6 Å². The molecule has 1 saturated carbocycles. The van der Waals surface area contributed by atoms with Crippen molar-refractivity contribution >= 4 is 23.5 Å². The summed E-state index contributed by atoms with van der Waals surface area (Å²) >= 11 is 0. The van der Waals surface area contributed by atoms with Crippen molar-refractivity contribution in [2.24, 2.45) is 0 Å². The van der Waals surface area contributed by atoms with Crippen LogP contribution in [-0.4, -0.2) is 43.3 Å². The van der Waals surface area contributed by atoms with Gasteiger partial charge in [0.05, 0.1) is 17.9 Å². The van der Waals surface area contributed by atoms with Crippen LogP contribution in [0.15, 0.2) is 24.5 Å². The quantitative estimate of drug-likeness (QED) is 0.460. The second-order valence-electron chi connectivity index (χ2n) is 10.3. The number of imidazole rings is 1. The molecular weight excluding hydrogens is 457 g/mol. The van der Waals surface area contributed by atoms with E-state index in [-0.39, 0.29) is 18.2 Å². The van der Waals surface area contributed by atoms with Crippen LogP contribution in [0.4, 0.5) is 22.1 Å². The fourth-order valence-corrected chi connectivity index (χ4v) is 5.95. The Bertz CT molecular complexity index is 1240. The van der Waals surface area contributed by atoms with E-state index < -0.39 is 5.95 Å². The molecule has 0 bridgehead atoms. The maximum atomic E-state index is 13.2. The number of nitrogens with zero attached hydrogens (tertiary/aromatic N) is 5. The maximum Gasteiger partial charge on any atom is 0.228 e. The van der Waals surface area contributed by atoms with Crippen LogP contribution in [0.2, 0.25) is 0 Å². The molecule has 0 spiro atoms. The highest BCUT2D eigenvalue weighted by atomic mass is 19.1. The third-order valence-corrected chi connectivity index (χ3v) is 7.85. The van der Waals surface area contributed by atoms with Crippen molar-refractivity contribution in [2.75, 3.05) is 16.8 Å². The van der Waals surface area contributed by atoms with Crippen LogP contribution in [0.25, 0.3) is 0 Å². The number of Topliss-reactive ketones (excluding diaryl/α,β-unsaturated/α-hetero) is 1. The highest BCUT2D eigenvalue weighted by Crippen LogP contribution is 2.34. The van der Waals surface area contributed by atoms with E-state index in [2.05, 4.69) is 20.3 Å². The Hall–Kier alpha value is -3.36. The van der Waals surface area contributed by atoms with Gasteiger partial charge >= 0.3 is 0 Å². The molecule has 2 aliphatic carbocycles. The monoisotopic (exact) mass is 489 g/mol. The largest absolute Gasteiger partial charge is 0.331 e. The Balaban J connectivity index is 1.23. The summed E-state index contributed by atoms with van der Waals surface area (Å²) in [6.07, 6.45) is 14.5. The number of H-pyrrole nitrogens is 1. The van der Waals surface area contributed by atoms with Crippen LogP contribution in [0.1, 0.15) is 79.8 Å². The van der Waals surface area contributed by atoms with Gasteiger partial charge in [0.15, 0.2) is 5.78 Å². The molecule has 6 rings (SSSR count). The van der Waals surface area contributed by atoms with E-state index in [0.29, 0.717) is 17.8 Å². The number of rotatable bonds is 7. The van der Waals surface area contributed by atoms with Gasteiger partial charge in [-0.2, -0.15) is 9.37 Å². The summed E-state index contributed by atoms with van der Waals surface area (Å²) in [5, 5.41) is 3.44. The number of hydrogen-bond acceptors (Lipinski definition) is 7. The van der Waals surface area contributed by atoms with Gasteiger partial charge in [-0.15, -0.1) is 0 Å². The summed E-state index contributed by atoms with van der Waals surface area (Å²) in [5.74, 6) is 2.21. The standard InChI is InChI=1S/C27H32FN7O/c28-24-12-11-17(15-29-24)14-23(36)22-10-5-13-35(22)27-32-20-9-4-8-19(20)25(34-27)33-26-30-16-21(31-26)18-6-2-1-3-7-18/h11-12,15-16,18,22H,1-10,13-14H2,(H2,30,31,32,33,34). The Labute approximate surface area is 210 Å². The van der Waals surface area contributed by atoms with Crippen molar-refractivity contribution in [1.82, 2.24) is 24.9 Å². The first-order valence-electron chi connectivity index (χ1n) is 13.3. The van der Waals surface area contributed by atoms with E-state index in [4.69, 9.17) is 9.97 Å². The number of nitrogens with one attached hydrogen (secondary N) is 2. The summed E-state index contributed by atoms with van der Waals surface area (Å²) in [6.45, 7) is 0.739. The molecule has 1 unspecified atom stereocenters. The molecule has 2 N–H and O–H groups in total. The predicted molar refractivity (Wildman–Crippen MR) is 135 cm³/mol. The highest BCUT2D eigenvalue weighted by Gasteiger charge is 2.34. The van der Waals surface area contributed by atoms with Crippen molar-refractivity contribution in [3.8, 4) is 0 Å². The lowest BCUT2D eigenvalue weighted by Crippen LogP contribution is -2.38. The minimum Gasteiger partial charge on any atom is -0.331 e. The Morgan fingerprint density at radius 1 is 1.03 bits per heavy atom. The first-order chi connectivity index (χ1) is 17.6. The van der Waals surface area contributed by atoms with Gasteiger partial charge in [-0.05, 0) is 56.6 Å². The zero-order valence-electron chi connectivity index (χ0n) is 20.5. The molecule has 3 aromatic rings. The van der Waals surface area contributed by atoms with E-state index in [9.17, 15) is 9.18 Å². The molecular formula is C27H32FN7O. The fraction of sp³-hybridized carbons (Fsp3) is 0.519. The molecule has 3 aliphatic rings. The van der Waals surface area contributed by atoms with E-state index in [1.807, 2.05) is 11.1 Å². The summed E-state index contributed by atoms with van der Waals surface area (Å²) in [5.41, 5.74) is 4.12. The predicted octanol–water partition coefficient (Wildman–Crippen LogP) is 4.79. The van der Waals surface area contributed by atoms with E-state index in [1.165, 1.54) is 50.1 Å². The van der Waals surface area contributed by atoms with Crippen molar-refractivity contribution in [3.05, 3.63) is 53.0 Å². The SMILES string of the molecule is O=C(Cc1ccc(F)nc1)C1CCCN1c1nc2c(c(Nc3ncc(C4CCCCC4)[nH]3)n1)CCC2. The Kier molecular flexibility index (Phi) is 6.37. The number of pyridine rings is 1. The number of ketones is 1. The zero-order valence-corrected chi connectivity index (χ0v) is 20.5. The smallest absolute Gasteiger partial charge is 0.228 e. The number of halogens is 1. The molecule has 0 amide bonds. The number of anilines is 3. The third-order valence-electron chi connectivity index (χ3n) is 7.85. The first-order valence-corrected chi connectivity index (χ1v) is 13.3. The third kappa shape index (κ3) is 4.70. The van der Waals surface area contributed by atoms with Gasteiger partial charge < -0.3 is 15.2 Å². The van der Waals surface area contributed by atoms with E-state index in [0.717, 1.165) is 61.3 Å². The van der Waals surface area contributed by atoms with Crippen LogP contribution < -0.4 is 10.2 Å². The zero-order chi connectivity index (χ0) is 24.5. The molecule has 9 heteroatoms. The number of carbonyl (C=O) groups is 1. The van der Waals surface area contributed by atoms with Gasteiger partial charge in [0.2, 0.25) is 17.8 Å². The molecule has 2 fully saturated rings. The molecule has 3 aromatic heterocycles. The molecule has 0 radical (unpaired) electrons. The van der Waals surface area contributed by atoms with Crippen molar-refractivity contribution < 1.29 is 9.18 Å². The van der Waals surface area contributed by atoms with Gasteiger partial charge in [-0.3, -0.25) is 4.79 Å². The minimum absolute atomic E-state index is 0.0858. The number of aromatic nitrogens is 5. The van der Waals surface area contributed by atoms with Gasteiger partial charge in [0.25, 0.3) is 0 Å². The fourth-order valence-electron chi connectivity index (χ4n) is 5.95. The van der Waals surface area contributed by atoms with Crippen LogP contribution >= 0.6 is 0 Å². The second-order valence-corrected chi connectivity index (χ2v) is 10.3. The van der Waals surface area contributed by atoms with Crippen LogP contribution in [0.3, 0.4) is 0 Å². The Morgan fingerprint density at radius 2 is 1.92 bits per heavy atom. The number of fused-ring (bicyclic) bond motifs is 1. The van der Waals surface area contributed by atoms with Crippen molar-refractivity contribution in [1.29, 1.82) is 0 Å². The molecule has 36 heavy (non-hydrogen) atoms. The number of carbonyl (C=O) groups excluding carboxylic acids is 1. The highest BCUT2D eigenvalue weighted by molar-refractivity contribution is 5.89. The lowest BCUT2D eigenvalue weighted by molar-refractivity contribution is -0.119. The summed E-state index contributed by atoms with van der Waals surface area (Å²) in [4.78, 5) is 36.8. The maximum absolute atomic E-state index is 13.2. The van der Waals surface area contributed by atoms with Gasteiger partial charge in [0, 0.05) is 36.3 Å². The van der Waals surface area contributed by atoms with Gasteiger partial charge in [-0.1, -0.05) is 25.3 Å². The van der Waals surface area contributed by atoms with E-state index in [1.54, 1.807) is 6.07 Å². The van der Waals surface area contributed by atoms with Crippen LogP contribution in [0, 0.1) is 5.95 Å².